The molecule has 1 aliphatic rings. The quantitative estimate of drug-likeness (QED) is 0.796. The highest BCUT2D eigenvalue weighted by Crippen LogP contribution is 2.49. The Hall–Kier alpha value is -1.75. The van der Waals surface area contributed by atoms with Gasteiger partial charge in [-0.3, -0.25) is 4.79 Å². The predicted octanol–water partition coefficient (Wildman–Crippen LogP) is 1.80. The van der Waals surface area contributed by atoms with Crippen molar-refractivity contribution in [1.29, 1.82) is 0 Å². The molecule has 0 saturated heterocycles. The van der Waals surface area contributed by atoms with Gasteiger partial charge in [0.15, 0.2) is 11.5 Å². The Kier molecular flexibility index (Phi) is 5.29. The van der Waals surface area contributed by atoms with E-state index in [0.717, 1.165) is 30.9 Å². The average Bonchev–Trinajstić information content (AvgIpc) is 3.31. The molecule has 1 amide bonds. The molecule has 2 rings (SSSR count). The van der Waals surface area contributed by atoms with Crippen molar-refractivity contribution in [1.82, 2.24) is 10.2 Å². The highest BCUT2D eigenvalue weighted by molar-refractivity contribution is 5.76. The number of carbonyl (C=O) groups excluding carboxylic acids is 1. The van der Waals surface area contributed by atoms with Crippen molar-refractivity contribution >= 4 is 5.91 Å². The van der Waals surface area contributed by atoms with Crippen molar-refractivity contribution in [2.45, 2.75) is 24.7 Å². The monoisotopic (exact) mass is 306 g/mol. The van der Waals surface area contributed by atoms with Gasteiger partial charge in [-0.05, 0) is 44.6 Å². The van der Waals surface area contributed by atoms with Crippen LogP contribution in [0, 0.1) is 0 Å². The van der Waals surface area contributed by atoms with Crippen LogP contribution in [0.15, 0.2) is 18.2 Å². The number of nitrogens with zero attached hydrogens (tertiary/aromatic N) is 1. The minimum absolute atomic E-state index is 0.0628. The molecular formula is C17H26N2O3. The molecule has 122 valence electrons. The van der Waals surface area contributed by atoms with Crippen molar-refractivity contribution in [3.8, 4) is 11.5 Å². The van der Waals surface area contributed by atoms with Crippen molar-refractivity contribution in [2.24, 2.45) is 0 Å². The first kappa shape index (κ1) is 16.6. The Balaban J connectivity index is 1.98. The second-order valence-electron chi connectivity index (χ2n) is 6.18. The van der Waals surface area contributed by atoms with E-state index in [4.69, 9.17) is 9.47 Å². The summed E-state index contributed by atoms with van der Waals surface area (Å²) in [6.07, 6.45) is 2.72. The molecule has 0 bridgehead atoms. The largest absolute Gasteiger partial charge is 0.493 e. The summed E-state index contributed by atoms with van der Waals surface area (Å²) in [5.74, 6) is 1.59. The molecule has 0 atom stereocenters. The van der Waals surface area contributed by atoms with E-state index >= 15 is 0 Å². The molecule has 0 radical (unpaired) electrons. The number of hydrogen-bond acceptors (Lipinski definition) is 4. The number of carbonyl (C=O) groups is 1. The second kappa shape index (κ2) is 7.01. The molecule has 1 fully saturated rings. The number of hydrogen-bond donors (Lipinski definition) is 1. The van der Waals surface area contributed by atoms with Crippen LogP contribution >= 0.6 is 0 Å². The standard InChI is InChI=1S/C17H26N2O3/c1-19(2)10-7-16(20)18-12-17(8-9-17)13-5-6-14(21-3)15(11-13)22-4/h5-6,11H,7-10,12H2,1-4H3,(H,18,20). The number of methoxy groups -OCH3 is 2. The maximum atomic E-state index is 11.9. The van der Waals surface area contributed by atoms with E-state index in [1.54, 1.807) is 14.2 Å². The molecular weight excluding hydrogens is 280 g/mol. The van der Waals surface area contributed by atoms with Crippen LogP contribution in [0.4, 0.5) is 0 Å². The highest BCUT2D eigenvalue weighted by Gasteiger charge is 2.44. The van der Waals surface area contributed by atoms with Gasteiger partial charge in [0, 0.05) is 24.9 Å². The average molecular weight is 306 g/mol. The Morgan fingerprint density at radius 1 is 1.23 bits per heavy atom. The first-order valence-electron chi connectivity index (χ1n) is 7.65. The van der Waals surface area contributed by atoms with Crippen molar-refractivity contribution in [3.05, 3.63) is 23.8 Å². The molecule has 0 heterocycles. The van der Waals surface area contributed by atoms with Crippen LogP contribution in [0.3, 0.4) is 0 Å². The molecule has 1 aromatic rings. The summed E-state index contributed by atoms with van der Waals surface area (Å²) in [6.45, 7) is 1.46. The number of rotatable bonds is 8. The van der Waals surface area contributed by atoms with Gasteiger partial charge in [-0.2, -0.15) is 0 Å². The number of amides is 1. The van der Waals surface area contributed by atoms with E-state index in [9.17, 15) is 4.79 Å². The van der Waals surface area contributed by atoms with Gasteiger partial charge in [-0.15, -0.1) is 0 Å². The highest BCUT2D eigenvalue weighted by atomic mass is 16.5. The summed E-state index contributed by atoms with van der Waals surface area (Å²) in [6, 6.07) is 6.03. The van der Waals surface area contributed by atoms with Gasteiger partial charge >= 0.3 is 0 Å². The molecule has 1 aromatic carbocycles. The van der Waals surface area contributed by atoms with Gasteiger partial charge in [0.05, 0.1) is 14.2 Å². The summed E-state index contributed by atoms with van der Waals surface area (Å²) in [5.41, 5.74) is 1.27. The molecule has 1 N–H and O–H groups in total. The van der Waals surface area contributed by atoms with Gasteiger partial charge in [0.1, 0.15) is 0 Å². The first-order chi connectivity index (χ1) is 10.5. The third kappa shape index (κ3) is 3.91. The summed E-state index contributed by atoms with van der Waals surface area (Å²) in [4.78, 5) is 13.9. The van der Waals surface area contributed by atoms with E-state index in [1.165, 1.54) is 5.56 Å². The lowest BCUT2D eigenvalue weighted by molar-refractivity contribution is -0.121. The summed E-state index contributed by atoms with van der Waals surface area (Å²) < 4.78 is 10.6. The molecule has 5 nitrogen and oxygen atoms in total. The van der Waals surface area contributed by atoms with Gasteiger partial charge in [0.2, 0.25) is 5.91 Å². The van der Waals surface area contributed by atoms with E-state index in [1.807, 2.05) is 31.1 Å². The van der Waals surface area contributed by atoms with E-state index in [0.29, 0.717) is 13.0 Å². The van der Waals surface area contributed by atoms with E-state index in [-0.39, 0.29) is 11.3 Å². The normalized spacial score (nSPS) is 15.5. The van der Waals surface area contributed by atoms with Crippen LogP contribution in [-0.2, 0) is 10.2 Å². The van der Waals surface area contributed by atoms with Gasteiger partial charge in [-0.25, -0.2) is 0 Å². The summed E-state index contributed by atoms with van der Waals surface area (Å²) in [7, 11) is 7.22. The van der Waals surface area contributed by atoms with Gasteiger partial charge in [0.25, 0.3) is 0 Å². The lowest BCUT2D eigenvalue weighted by Crippen LogP contribution is -2.33. The minimum Gasteiger partial charge on any atom is -0.493 e. The second-order valence-corrected chi connectivity index (χ2v) is 6.18. The molecule has 1 aliphatic carbocycles. The number of benzene rings is 1. The lowest BCUT2D eigenvalue weighted by atomic mass is 9.95. The zero-order chi connectivity index (χ0) is 16.2. The van der Waals surface area contributed by atoms with Gasteiger partial charge in [-0.1, -0.05) is 6.07 Å². The Morgan fingerprint density at radius 2 is 1.91 bits per heavy atom. The van der Waals surface area contributed by atoms with Crippen molar-refractivity contribution in [2.75, 3.05) is 41.4 Å². The molecule has 0 aromatic heterocycles. The topological polar surface area (TPSA) is 50.8 Å². The van der Waals surface area contributed by atoms with Crippen LogP contribution in [0.5, 0.6) is 11.5 Å². The molecule has 0 spiro atoms. The molecule has 0 aliphatic heterocycles. The fourth-order valence-corrected chi connectivity index (χ4v) is 2.57. The Morgan fingerprint density at radius 3 is 2.45 bits per heavy atom. The van der Waals surface area contributed by atoms with Crippen LogP contribution < -0.4 is 14.8 Å². The van der Waals surface area contributed by atoms with E-state index < -0.39 is 0 Å². The van der Waals surface area contributed by atoms with Crippen LogP contribution in [0.25, 0.3) is 0 Å². The number of nitrogens with one attached hydrogen (secondary N) is 1. The lowest BCUT2D eigenvalue weighted by Gasteiger charge is -2.19. The van der Waals surface area contributed by atoms with Crippen LogP contribution in [0.2, 0.25) is 0 Å². The van der Waals surface area contributed by atoms with Crippen LogP contribution in [0.1, 0.15) is 24.8 Å². The Bertz CT molecular complexity index is 525. The SMILES string of the molecule is COc1ccc(C2(CNC(=O)CCN(C)C)CC2)cc1OC. The number of ether oxygens (including phenoxy) is 2. The molecule has 22 heavy (non-hydrogen) atoms. The Labute approximate surface area is 132 Å². The minimum atomic E-state index is 0.0628. The maximum Gasteiger partial charge on any atom is 0.221 e. The first-order valence-corrected chi connectivity index (χ1v) is 7.65. The molecule has 0 unspecified atom stereocenters. The zero-order valence-corrected chi connectivity index (χ0v) is 13.9. The fraction of sp³-hybridized carbons (Fsp3) is 0.588. The van der Waals surface area contributed by atoms with E-state index in [2.05, 4.69) is 11.4 Å². The van der Waals surface area contributed by atoms with Crippen molar-refractivity contribution < 1.29 is 14.3 Å². The molecule has 5 heteroatoms. The third-order valence-corrected chi connectivity index (χ3v) is 4.26. The summed E-state index contributed by atoms with van der Waals surface area (Å²) >= 11 is 0. The predicted molar refractivity (Wildman–Crippen MR) is 86.6 cm³/mol. The maximum absolute atomic E-state index is 11.9. The fourth-order valence-electron chi connectivity index (χ4n) is 2.57. The molecule has 1 saturated carbocycles. The smallest absolute Gasteiger partial charge is 0.221 e. The summed E-state index contributed by atoms with van der Waals surface area (Å²) in [5, 5.41) is 3.07. The zero-order valence-electron chi connectivity index (χ0n) is 13.9. The van der Waals surface area contributed by atoms with Gasteiger partial charge < -0.3 is 19.7 Å². The third-order valence-electron chi connectivity index (χ3n) is 4.26. The van der Waals surface area contributed by atoms with Crippen molar-refractivity contribution in [3.63, 3.8) is 0 Å². The van der Waals surface area contributed by atoms with Crippen LogP contribution in [-0.4, -0.2) is 52.2 Å².